The van der Waals surface area contributed by atoms with Gasteiger partial charge in [0.05, 0.1) is 0 Å². The summed E-state index contributed by atoms with van der Waals surface area (Å²) >= 11 is 0. The van der Waals surface area contributed by atoms with Gasteiger partial charge in [-0.3, -0.25) is 0 Å². The van der Waals surface area contributed by atoms with Gasteiger partial charge in [0, 0.05) is 18.2 Å². The van der Waals surface area contributed by atoms with Crippen molar-refractivity contribution < 1.29 is 4.73 Å². The first kappa shape index (κ1) is 12.6. The maximum Gasteiger partial charge on any atom is 0.180 e. The van der Waals surface area contributed by atoms with Gasteiger partial charge in [0.1, 0.15) is 0 Å². The summed E-state index contributed by atoms with van der Waals surface area (Å²) in [5, 5.41) is 14.3. The van der Waals surface area contributed by atoms with Crippen LogP contribution in [0.4, 0.5) is 0 Å². The summed E-state index contributed by atoms with van der Waals surface area (Å²) in [6.45, 7) is 2.09. The summed E-state index contributed by atoms with van der Waals surface area (Å²) in [5.74, 6) is 0. The van der Waals surface area contributed by atoms with E-state index in [1.54, 1.807) is 0 Å². The van der Waals surface area contributed by atoms with Crippen LogP contribution in [0, 0.1) is 12.1 Å². The average Bonchev–Trinajstić information content (AvgIpc) is 2.39. The van der Waals surface area contributed by atoms with Crippen molar-refractivity contribution in [1.82, 2.24) is 5.32 Å². The zero-order chi connectivity index (χ0) is 13.0. The van der Waals surface area contributed by atoms with Crippen LogP contribution >= 0.6 is 0 Å². The molecule has 2 rings (SSSR count). The molecule has 0 aliphatic heterocycles. The van der Waals surface area contributed by atoms with Crippen molar-refractivity contribution in [2.75, 3.05) is 7.05 Å². The third kappa shape index (κ3) is 3.08. The van der Waals surface area contributed by atoms with E-state index in [0.29, 0.717) is 0 Å². The topological polar surface area (TPSA) is 39.0 Å². The molecule has 0 aliphatic rings. The normalized spacial score (nSPS) is 12.3. The van der Waals surface area contributed by atoms with E-state index in [9.17, 15) is 5.21 Å². The maximum absolute atomic E-state index is 11.0. The standard InChI is InChI=1S/C15H18N2O/c1-12-3-5-14(6-4-12)15(16-2)11-13-7-9-17(18)10-8-13/h3-10,15-16H,11H2,1-2H3. The lowest BCUT2D eigenvalue weighted by atomic mass is 9.99. The molecule has 94 valence electrons. The molecule has 1 atom stereocenters. The molecule has 0 aliphatic carbocycles. The van der Waals surface area contributed by atoms with Crippen molar-refractivity contribution in [2.45, 2.75) is 19.4 Å². The highest BCUT2D eigenvalue weighted by molar-refractivity contribution is 5.26. The van der Waals surface area contributed by atoms with Crippen LogP contribution in [0.25, 0.3) is 0 Å². The summed E-state index contributed by atoms with van der Waals surface area (Å²) < 4.78 is 0.809. The minimum Gasteiger partial charge on any atom is -0.619 e. The minimum absolute atomic E-state index is 0.271. The van der Waals surface area contributed by atoms with Crippen LogP contribution in [0.2, 0.25) is 0 Å². The van der Waals surface area contributed by atoms with Gasteiger partial charge < -0.3 is 10.5 Å². The van der Waals surface area contributed by atoms with Gasteiger partial charge in [0.15, 0.2) is 12.4 Å². The predicted octanol–water partition coefficient (Wildman–Crippen LogP) is 2.13. The Kier molecular flexibility index (Phi) is 3.95. The van der Waals surface area contributed by atoms with Gasteiger partial charge in [-0.05, 0) is 31.5 Å². The SMILES string of the molecule is CNC(Cc1cc[n+]([O-])cc1)c1ccc(C)cc1. The number of nitrogens with zero attached hydrogens (tertiary/aromatic N) is 1. The van der Waals surface area contributed by atoms with Crippen LogP contribution in [0.5, 0.6) is 0 Å². The Balaban J connectivity index is 2.14. The Morgan fingerprint density at radius 1 is 1.11 bits per heavy atom. The molecule has 18 heavy (non-hydrogen) atoms. The van der Waals surface area contributed by atoms with Gasteiger partial charge in [0.25, 0.3) is 0 Å². The van der Waals surface area contributed by atoms with E-state index >= 15 is 0 Å². The number of hydrogen-bond donors (Lipinski definition) is 1. The summed E-state index contributed by atoms with van der Waals surface area (Å²) in [4.78, 5) is 0. The van der Waals surface area contributed by atoms with Crippen molar-refractivity contribution >= 4 is 0 Å². The van der Waals surface area contributed by atoms with Crippen molar-refractivity contribution in [1.29, 1.82) is 0 Å². The van der Waals surface area contributed by atoms with Crippen LogP contribution in [0.15, 0.2) is 48.8 Å². The largest absolute Gasteiger partial charge is 0.619 e. The number of aromatic nitrogens is 1. The van der Waals surface area contributed by atoms with Crippen molar-refractivity contribution in [3.8, 4) is 0 Å². The van der Waals surface area contributed by atoms with Gasteiger partial charge in [0.2, 0.25) is 0 Å². The maximum atomic E-state index is 11.0. The molecule has 0 radical (unpaired) electrons. The zero-order valence-electron chi connectivity index (χ0n) is 10.8. The fraction of sp³-hybridized carbons (Fsp3) is 0.267. The summed E-state index contributed by atoms with van der Waals surface area (Å²) in [5.41, 5.74) is 3.68. The van der Waals surface area contributed by atoms with Gasteiger partial charge in [-0.1, -0.05) is 29.8 Å². The molecule has 1 heterocycles. The molecular weight excluding hydrogens is 224 g/mol. The number of rotatable bonds is 4. The van der Waals surface area contributed by atoms with Gasteiger partial charge >= 0.3 is 0 Å². The molecule has 0 saturated heterocycles. The van der Waals surface area contributed by atoms with Crippen molar-refractivity contribution in [3.05, 3.63) is 70.7 Å². The quantitative estimate of drug-likeness (QED) is 0.659. The molecule has 3 nitrogen and oxygen atoms in total. The number of nitrogens with one attached hydrogen (secondary N) is 1. The van der Waals surface area contributed by atoms with Gasteiger partial charge in [-0.15, -0.1) is 0 Å². The fourth-order valence-electron chi connectivity index (χ4n) is 2.00. The van der Waals surface area contributed by atoms with E-state index in [4.69, 9.17) is 0 Å². The highest BCUT2D eigenvalue weighted by Crippen LogP contribution is 2.18. The molecule has 1 unspecified atom stereocenters. The Labute approximate surface area is 108 Å². The second-order valence-electron chi connectivity index (χ2n) is 4.52. The van der Waals surface area contributed by atoms with E-state index in [2.05, 4.69) is 36.5 Å². The van der Waals surface area contributed by atoms with Gasteiger partial charge in [-0.2, -0.15) is 4.73 Å². The first-order valence-electron chi connectivity index (χ1n) is 6.10. The van der Waals surface area contributed by atoms with Crippen molar-refractivity contribution in [3.63, 3.8) is 0 Å². The third-order valence-electron chi connectivity index (χ3n) is 3.14. The Morgan fingerprint density at radius 2 is 1.72 bits per heavy atom. The Morgan fingerprint density at radius 3 is 2.28 bits per heavy atom. The summed E-state index contributed by atoms with van der Waals surface area (Å²) in [6.07, 6.45) is 3.95. The number of likely N-dealkylation sites (N-methyl/N-ethyl adjacent to an activating group) is 1. The van der Waals surface area contributed by atoms with Crippen LogP contribution in [-0.4, -0.2) is 7.05 Å². The number of aryl methyl sites for hydroxylation is 1. The lowest BCUT2D eigenvalue weighted by Gasteiger charge is -2.16. The third-order valence-corrected chi connectivity index (χ3v) is 3.14. The molecular formula is C15H18N2O. The average molecular weight is 242 g/mol. The molecule has 0 saturated carbocycles. The molecule has 0 bridgehead atoms. The molecule has 0 fully saturated rings. The number of hydrogen-bond acceptors (Lipinski definition) is 2. The number of benzene rings is 1. The highest BCUT2D eigenvalue weighted by atomic mass is 16.5. The molecule has 1 aromatic heterocycles. The van der Waals surface area contributed by atoms with Gasteiger partial charge in [-0.25, -0.2) is 0 Å². The van der Waals surface area contributed by atoms with E-state index in [1.807, 2.05) is 19.2 Å². The second-order valence-corrected chi connectivity index (χ2v) is 4.52. The first-order valence-corrected chi connectivity index (χ1v) is 6.10. The fourth-order valence-corrected chi connectivity index (χ4v) is 2.00. The Bertz CT molecular complexity index is 491. The molecule has 0 amide bonds. The molecule has 1 aromatic carbocycles. The lowest BCUT2D eigenvalue weighted by Crippen LogP contribution is -2.24. The summed E-state index contributed by atoms with van der Waals surface area (Å²) in [6, 6.07) is 12.5. The van der Waals surface area contributed by atoms with E-state index < -0.39 is 0 Å². The van der Waals surface area contributed by atoms with E-state index in [1.165, 1.54) is 23.5 Å². The second kappa shape index (κ2) is 5.65. The van der Waals surface area contributed by atoms with E-state index in [-0.39, 0.29) is 6.04 Å². The van der Waals surface area contributed by atoms with Crippen LogP contribution < -0.4 is 10.0 Å². The zero-order valence-corrected chi connectivity index (χ0v) is 10.8. The van der Waals surface area contributed by atoms with Crippen molar-refractivity contribution in [2.24, 2.45) is 0 Å². The van der Waals surface area contributed by atoms with Crippen LogP contribution in [0.3, 0.4) is 0 Å². The van der Waals surface area contributed by atoms with Crippen LogP contribution in [0.1, 0.15) is 22.7 Å². The first-order chi connectivity index (χ1) is 8.69. The molecule has 3 heteroatoms. The molecule has 0 spiro atoms. The highest BCUT2D eigenvalue weighted by Gasteiger charge is 2.10. The molecule has 2 aromatic rings. The smallest absolute Gasteiger partial charge is 0.180 e. The van der Waals surface area contributed by atoms with E-state index in [0.717, 1.165) is 16.7 Å². The molecule has 1 N–H and O–H groups in total. The minimum atomic E-state index is 0.271. The number of pyridine rings is 1. The lowest BCUT2D eigenvalue weighted by molar-refractivity contribution is -0.605. The monoisotopic (exact) mass is 242 g/mol. The van der Waals surface area contributed by atoms with Crippen LogP contribution in [-0.2, 0) is 6.42 Å². The Hall–Kier alpha value is -1.87. The summed E-state index contributed by atoms with van der Waals surface area (Å²) in [7, 11) is 1.96. The predicted molar refractivity (Wildman–Crippen MR) is 72.1 cm³/mol.